The fourth-order valence-corrected chi connectivity index (χ4v) is 8.28. The van der Waals surface area contributed by atoms with E-state index < -0.39 is 74.8 Å². The van der Waals surface area contributed by atoms with E-state index in [1.165, 1.54) is 18.1 Å². The summed E-state index contributed by atoms with van der Waals surface area (Å²) in [6, 6.07) is 4.80. The number of rotatable bonds is 14. The molecule has 3 aliphatic carbocycles. The zero-order chi connectivity index (χ0) is 36.5. The Bertz CT molecular complexity index is 1800. The number of likely N-dealkylation sites (tertiary alicyclic amines) is 1. The Morgan fingerprint density at radius 1 is 1.08 bits per heavy atom. The largest absolute Gasteiger partial charge is 0.497 e. The number of carbonyl (C=O) groups is 4. The molecule has 1 aromatic heterocycles. The number of sulfonamides is 1. The van der Waals surface area contributed by atoms with Crippen LogP contribution in [0.5, 0.6) is 11.6 Å². The molecule has 4 amide bonds. The van der Waals surface area contributed by atoms with Gasteiger partial charge in [-0.25, -0.2) is 18.2 Å². The molecule has 3 N–H and O–H groups in total. The molecule has 0 radical (unpaired) electrons. The summed E-state index contributed by atoms with van der Waals surface area (Å²) in [5.41, 5.74) is -1.56. The van der Waals surface area contributed by atoms with Crippen molar-refractivity contribution in [2.75, 3.05) is 20.8 Å². The van der Waals surface area contributed by atoms with Crippen LogP contribution in [0.25, 0.3) is 10.8 Å². The van der Waals surface area contributed by atoms with E-state index in [1.54, 1.807) is 38.4 Å². The van der Waals surface area contributed by atoms with Crippen molar-refractivity contribution in [2.24, 2.45) is 5.92 Å². The number of amides is 4. The summed E-state index contributed by atoms with van der Waals surface area (Å²) in [5, 5.41) is 6.26. The number of fused-ring (bicyclic) bond motifs is 1. The molecule has 276 valence electrons. The van der Waals surface area contributed by atoms with E-state index in [0.717, 1.165) is 31.1 Å². The van der Waals surface area contributed by atoms with Crippen molar-refractivity contribution < 1.29 is 46.5 Å². The molecule has 1 saturated heterocycles. The van der Waals surface area contributed by atoms with Crippen molar-refractivity contribution in [1.82, 2.24) is 25.2 Å². The van der Waals surface area contributed by atoms with E-state index in [1.807, 2.05) is 6.07 Å². The highest BCUT2D eigenvalue weighted by molar-refractivity contribution is 7.91. The summed E-state index contributed by atoms with van der Waals surface area (Å²) in [6.45, 7) is 5.30. The van der Waals surface area contributed by atoms with Gasteiger partial charge in [0.1, 0.15) is 35.6 Å². The quantitative estimate of drug-likeness (QED) is 0.242. The molecule has 0 spiro atoms. The van der Waals surface area contributed by atoms with E-state index in [0.29, 0.717) is 24.0 Å². The van der Waals surface area contributed by atoms with Gasteiger partial charge >= 0.3 is 6.09 Å². The fourth-order valence-electron chi connectivity index (χ4n) is 6.91. The third-order valence-corrected chi connectivity index (χ3v) is 12.1. The number of hydrogen-bond donors (Lipinski definition) is 3. The number of nitrogens with one attached hydrogen (secondary N) is 3. The van der Waals surface area contributed by atoms with E-state index in [9.17, 15) is 27.6 Å². The fraction of sp³-hybridized carbons (Fsp3) is 0.571. The van der Waals surface area contributed by atoms with Crippen molar-refractivity contribution in [3.63, 3.8) is 0 Å². The summed E-state index contributed by atoms with van der Waals surface area (Å²) in [7, 11) is -0.937. The van der Waals surface area contributed by atoms with Crippen molar-refractivity contribution in [2.45, 2.75) is 99.5 Å². The van der Waals surface area contributed by atoms with E-state index in [-0.39, 0.29) is 31.4 Å². The minimum atomic E-state index is -3.90. The number of carbonyl (C=O) groups excluding carboxylic acids is 4. The Labute approximate surface area is 296 Å². The minimum absolute atomic E-state index is 0.00320. The van der Waals surface area contributed by atoms with Gasteiger partial charge < -0.3 is 34.5 Å². The van der Waals surface area contributed by atoms with Gasteiger partial charge in [0.05, 0.1) is 25.0 Å². The Kier molecular flexibility index (Phi) is 10.4. The highest BCUT2D eigenvalue weighted by atomic mass is 32.2. The maximum absolute atomic E-state index is 14.4. The van der Waals surface area contributed by atoms with Gasteiger partial charge in [-0.2, -0.15) is 0 Å². The molecule has 16 heteroatoms. The topological polar surface area (TPSA) is 192 Å². The molecule has 6 atom stereocenters. The predicted octanol–water partition coefficient (Wildman–Crippen LogP) is 2.33. The number of aromatic nitrogens is 1. The van der Waals surface area contributed by atoms with Crippen molar-refractivity contribution in [3.05, 3.63) is 43.1 Å². The molecule has 1 aromatic carbocycles. The minimum Gasteiger partial charge on any atom is -0.497 e. The Morgan fingerprint density at radius 3 is 2.47 bits per heavy atom. The zero-order valence-corrected chi connectivity index (χ0v) is 29.8. The first-order chi connectivity index (χ1) is 24.4. The van der Waals surface area contributed by atoms with Gasteiger partial charge in [-0.3, -0.25) is 19.1 Å². The molecule has 3 saturated carbocycles. The monoisotopic (exact) mass is 727 g/mol. The number of alkyl carbamates (subject to hydrolysis) is 1. The van der Waals surface area contributed by atoms with Crippen molar-refractivity contribution in [3.8, 4) is 11.6 Å². The molecule has 2 aromatic rings. The van der Waals surface area contributed by atoms with Crippen LogP contribution in [0.15, 0.2) is 43.1 Å². The highest BCUT2D eigenvalue weighted by Crippen LogP contribution is 2.45. The summed E-state index contributed by atoms with van der Waals surface area (Å²) < 4.78 is 50.2. The Balaban J connectivity index is 1.26. The predicted molar refractivity (Wildman–Crippen MR) is 184 cm³/mol. The molecular formula is C35H45N5O10S. The van der Waals surface area contributed by atoms with Crippen LogP contribution in [-0.2, 0) is 33.9 Å². The molecule has 1 aliphatic heterocycles. The SMILES string of the molecule is C=C[C@@H]1C[C@]1(NC(=O)[C@@H]1C[C@@H](Oc2nccc3cc(OC)ccc23)CN1C(=O)C(NC(=O)OC1CCCC1)[C@H](C)OC)C(=O)NS(=O)(=O)C1CC1. The molecule has 1 unspecified atom stereocenters. The van der Waals surface area contributed by atoms with E-state index in [4.69, 9.17) is 18.9 Å². The number of pyridine rings is 1. The lowest BCUT2D eigenvalue weighted by molar-refractivity contribution is -0.143. The number of ether oxygens (including phenoxy) is 4. The first-order valence-electron chi connectivity index (χ1n) is 17.3. The number of methoxy groups -OCH3 is 2. The third-order valence-electron chi connectivity index (χ3n) is 10.3. The number of nitrogens with zero attached hydrogens (tertiary/aromatic N) is 2. The van der Waals surface area contributed by atoms with Gasteiger partial charge in [0, 0.05) is 31.0 Å². The van der Waals surface area contributed by atoms with Crippen LogP contribution < -0.4 is 24.8 Å². The molecule has 2 heterocycles. The van der Waals surface area contributed by atoms with Crippen LogP contribution in [-0.4, -0.2) is 104 Å². The lowest BCUT2D eigenvalue weighted by Gasteiger charge is -2.31. The standard InChI is InChI=1S/C35H45N5O10S/c1-5-22-18-35(22,33(43)39-51(45,46)26-11-12-26)38-30(41)28-17-25(49-31-27-13-10-24(48-4)16-21(27)14-15-36-31)19-40(28)32(42)29(20(2)47-3)37-34(44)50-23-8-6-7-9-23/h5,10,13-16,20,22-23,25-26,28-29H,1,6-9,11-12,17-19H2,2-4H3,(H,37,44)(H,38,41)(H,39,43)/t20-,22+,25+,28-,29?,35+/m0/s1. The van der Waals surface area contributed by atoms with Crippen LogP contribution in [0, 0.1) is 5.92 Å². The van der Waals surface area contributed by atoms with E-state index in [2.05, 4.69) is 26.9 Å². The normalized spacial score (nSPS) is 25.8. The summed E-state index contributed by atoms with van der Waals surface area (Å²) in [5.74, 6) is -1.77. The Hall–Kier alpha value is -4.44. The first-order valence-corrected chi connectivity index (χ1v) is 18.8. The Morgan fingerprint density at radius 2 is 1.82 bits per heavy atom. The van der Waals surface area contributed by atoms with Gasteiger partial charge in [-0.1, -0.05) is 6.08 Å². The zero-order valence-electron chi connectivity index (χ0n) is 29.0. The molecule has 6 rings (SSSR count). The van der Waals surface area contributed by atoms with Gasteiger partial charge in [0.2, 0.25) is 27.7 Å². The lowest BCUT2D eigenvalue weighted by Crippen LogP contribution is -2.60. The van der Waals surface area contributed by atoms with Gasteiger partial charge in [-0.05, 0) is 81.5 Å². The summed E-state index contributed by atoms with van der Waals surface area (Å²) in [6.07, 6.45) is 4.90. The lowest BCUT2D eigenvalue weighted by atomic mass is 10.1. The van der Waals surface area contributed by atoms with Crippen LogP contribution >= 0.6 is 0 Å². The van der Waals surface area contributed by atoms with Gasteiger partial charge in [0.15, 0.2) is 0 Å². The molecule has 15 nitrogen and oxygen atoms in total. The van der Waals surface area contributed by atoms with E-state index >= 15 is 0 Å². The maximum Gasteiger partial charge on any atom is 0.408 e. The van der Waals surface area contributed by atoms with Crippen LogP contribution in [0.3, 0.4) is 0 Å². The molecule has 0 bridgehead atoms. The van der Waals surface area contributed by atoms with Crippen molar-refractivity contribution >= 4 is 44.6 Å². The first kappa shape index (κ1) is 36.4. The molecule has 51 heavy (non-hydrogen) atoms. The average molecular weight is 728 g/mol. The molecule has 4 aliphatic rings. The highest BCUT2D eigenvalue weighted by Gasteiger charge is 2.62. The number of hydrogen-bond acceptors (Lipinski definition) is 11. The second-order valence-electron chi connectivity index (χ2n) is 13.7. The second-order valence-corrected chi connectivity index (χ2v) is 15.7. The van der Waals surface area contributed by atoms with Crippen LogP contribution in [0.2, 0.25) is 0 Å². The summed E-state index contributed by atoms with van der Waals surface area (Å²) in [4.78, 5) is 60.7. The van der Waals surface area contributed by atoms with Crippen molar-refractivity contribution in [1.29, 1.82) is 0 Å². The third kappa shape index (κ3) is 7.76. The summed E-state index contributed by atoms with van der Waals surface area (Å²) >= 11 is 0. The van der Waals surface area contributed by atoms with Crippen LogP contribution in [0.1, 0.15) is 58.3 Å². The van der Waals surface area contributed by atoms with Crippen LogP contribution in [0.4, 0.5) is 4.79 Å². The van der Waals surface area contributed by atoms with Gasteiger partial charge in [-0.15, -0.1) is 6.58 Å². The molecule has 4 fully saturated rings. The number of benzene rings is 1. The van der Waals surface area contributed by atoms with Gasteiger partial charge in [0.25, 0.3) is 5.91 Å². The maximum atomic E-state index is 14.4. The molecular weight excluding hydrogens is 682 g/mol. The smallest absolute Gasteiger partial charge is 0.408 e. The average Bonchev–Trinajstić information content (AvgIpc) is 4.00. The second kappa shape index (κ2) is 14.7.